The summed E-state index contributed by atoms with van der Waals surface area (Å²) in [6.45, 7) is 4.39. The minimum atomic E-state index is -0.499. The highest BCUT2D eigenvalue weighted by molar-refractivity contribution is 4.74. The van der Waals surface area contributed by atoms with E-state index in [2.05, 4.69) is 13.8 Å². The first kappa shape index (κ1) is 8.03. The predicted molar refractivity (Wildman–Crippen MR) is 41.7 cm³/mol. The Bertz CT molecular complexity index is 98.9. The molecule has 0 aromatic carbocycles. The maximum Gasteiger partial charge on any atom is 0.100 e. The maximum atomic E-state index is 12.8. The van der Waals surface area contributed by atoms with Crippen LogP contribution in [0.5, 0.6) is 0 Å². The fourth-order valence-electron chi connectivity index (χ4n) is 1.77. The zero-order valence-corrected chi connectivity index (χ0v) is 6.94. The second-order valence-electron chi connectivity index (χ2n) is 3.77. The van der Waals surface area contributed by atoms with Gasteiger partial charge in [-0.1, -0.05) is 20.3 Å². The summed E-state index contributed by atoms with van der Waals surface area (Å²) in [6.07, 6.45) is 3.48. The Morgan fingerprint density at radius 1 is 1.30 bits per heavy atom. The molecule has 0 heterocycles. The second kappa shape index (κ2) is 3.36. The van der Waals surface area contributed by atoms with Gasteiger partial charge in [-0.2, -0.15) is 0 Å². The lowest BCUT2D eigenvalue weighted by Gasteiger charge is -2.27. The second-order valence-corrected chi connectivity index (χ2v) is 3.77. The minimum Gasteiger partial charge on any atom is -0.247 e. The van der Waals surface area contributed by atoms with Crippen LogP contribution in [0.4, 0.5) is 4.39 Å². The normalized spacial score (nSPS) is 34.8. The molecule has 1 saturated carbocycles. The van der Waals surface area contributed by atoms with Crippen molar-refractivity contribution in [2.24, 2.45) is 11.8 Å². The van der Waals surface area contributed by atoms with Gasteiger partial charge in [0.15, 0.2) is 0 Å². The van der Waals surface area contributed by atoms with Crippen LogP contribution in [0.15, 0.2) is 0 Å². The lowest BCUT2D eigenvalue weighted by atomic mass is 9.81. The molecule has 0 bridgehead atoms. The molecule has 10 heavy (non-hydrogen) atoms. The summed E-state index contributed by atoms with van der Waals surface area (Å²) in [4.78, 5) is 0. The van der Waals surface area contributed by atoms with Crippen molar-refractivity contribution < 1.29 is 4.39 Å². The summed E-state index contributed by atoms with van der Waals surface area (Å²) in [5.41, 5.74) is 0. The van der Waals surface area contributed by atoms with Crippen LogP contribution in [0.25, 0.3) is 0 Å². The van der Waals surface area contributed by atoms with Gasteiger partial charge in [0.1, 0.15) is 6.17 Å². The van der Waals surface area contributed by atoms with Crippen molar-refractivity contribution in [1.29, 1.82) is 0 Å². The molecule has 0 radical (unpaired) electrons. The first-order valence-corrected chi connectivity index (χ1v) is 4.34. The van der Waals surface area contributed by atoms with Gasteiger partial charge >= 0.3 is 0 Å². The Balaban J connectivity index is 2.32. The number of alkyl halides is 1. The third-order valence-electron chi connectivity index (χ3n) is 2.59. The van der Waals surface area contributed by atoms with E-state index in [1.54, 1.807) is 0 Å². The molecule has 1 heteroatoms. The van der Waals surface area contributed by atoms with Crippen LogP contribution in [-0.2, 0) is 0 Å². The van der Waals surface area contributed by atoms with Gasteiger partial charge in [-0.3, -0.25) is 0 Å². The zero-order valence-electron chi connectivity index (χ0n) is 6.94. The van der Waals surface area contributed by atoms with Crippen molar-refractivity contribution >= 4 is 0 Å². The number of halogens is 1. The first-order chi connectivity index (χ1) is 4.70. The Kier molecular flexibility index (Phi) is 2.70. The molecule has 2 atom stereocenters. The number of rotatable bonds is 1. The van der Waals surface area contributed by atoms with Crippen molar-refractivity contribution in [3.8, 4) is 0 Å². The van der Waals surface area contributed by atoms with Crippen LogP contribution in [0.1, 0.15) is 39.5 Å². The van der Waals surface area contributed by atoms with E-state index in [9.17, 15) is 4.39 Å². The summed E-state index contributed by atoms with van der Waals surface area (Å²) in [5, 5.41) is 0. The van der Waals surface area contributed by atoms with E-state index < -0.39 is 6.17 Å². The predicted octanol–water partition coefficient (Wildman–Crippen LogP) is 3.17. The molecule has 0 saturated heterocycles. The van der Waals surface area contributed by atoms with Crippen LogP contribution >= 0.6 is 0 Å². The van der Waals surface area contributed by atoms with Gasteiger partial charge in [0.2, 0.25) is 0 Å². The highest BCUT2D eigenvalue weighted by Crippen LogP contribution is 2.31. The maximum absolute atomic E-state index is 12.8. The van der Waals surface area contributed by atoms with Gasteiger partial charge in [-0.25, -0.2) is 4.39 Å². The van der Waals surface area contributed by atoms with Gasteiger partial charge in [-0.05, 0) is 31.1 Å². The zero-order chi connectivity index (χ0) is 7.56. The molecule has 1 fully saturated rings. The largest absolute Gasteiger partial charge is 0.247 e. The van der Waals surface area contributed by atoms with E-state index in [0.717, 1.165) is 19.3 Å². The molecular formula is C9H17F. The average Bonchev–Trinajstić information content (AvgIpc) is 1.88. The molecule has 1 aliphatic rings. The van der Waals surface area contributed by atoms with Crippen molar-refractivity contribution in [2.45, 2.75) is 45.7 Å². The number of hydrogen-bond donors (Lipinski definition) is 0. The van der Waals surface area contributed by atoms with Gasteiger partial charge in [0.25, 0.3) is 0 Å². The highest BCUT2D eigenvalue weighted by Gasteiger charge is 2.23. The van der Waals surface area contributed by atoms with E-state index in [-0.39, 0.29) is 0 Å². The third-order valence-corrected chi connectivity index (χ3v) is 2.59. The fourth-order valence-corrected chi connectivity index (χ4v) is 1.77. The summed E-state index contributed by atoms with van der Waals surface area (Å²) in [5.74, 6) is 1.34. The monoisotopic (exact) mass is 144 g/mol. The molecule has 0 aliphatic heterocycles. The van der Waals surface area contributed by atoms with Crippen molar-refractivity contribution in [3.05, 3.63) is 0 Å². The third kappa shape index (κ3) is 1.96. The van der Waals surface area contributed by atoms with Gasteiger partial charge in [0.05, 0.1) is 0 Å². The average molecular weight is 144 g/mol. The molecule has 0 amide bonds. The van der Waals surface area contributed by atoms with Crippen LogP contribution < -0.4 is 0 Å². The van der Waals surface area contributed by atoms with Crippen LogP contribution in [0, 0.1) is 11.8 Å². The van der Waals surface area contributed by atoms with Gasteiger partial charge in [-0.15, -0.1) is 0 Å². The van der Waals surface area contributed by atoms with Crippen LogP contribution in [-0.4, -0.2) is 6.17 Å². The Hall–Kier alpha value is -0.0700. The molecule has 60 valence electrons. The van der Waals surface area contributed by atoms with Crippen molar-refractivity contribution in [1.82, 2.24) is 0 Å². The number of hydrogen-bond acceptors (Lipinski definition) is 0. The molecule has 2 unspecified atom stereocenters. The summed E-state index contributed by atoms with van der Waals surface area (Å²) >= 11 is 0. The van der Waals surface area contributed by atoms with E-state index in [1.165, 1.54) is 6.42 Å². The minimum absolute atomic E-state index is 0.499. The summed E-state index contributed by atoms with van der Waals surface area (Å²) < 4.78 is 12.8. The molecule has 0 nitrogen and oxygen atoms in total. The van der Waals surface area contributed by atoms with Crippen molar-refractivity contribution in [3.63, 3.8) is 0 Å². The molecule has 1 rings (SSSR count). The molecule has 0 aromatic heterocycles. The molecular weight excluding hydrogens is 127 g/mol. The summed E-state index contributed by atoms with van der Waals surface area (Å²) in [6, 6.07) is 0. The van der Waals surface area contributed by atoms with E-state index in [0.29, 0.717) is 11.8 Å². The van der Waals surface area contributed by atoms with E-state index in [4.69, 9.17) is 0 Å². The van der Waals surface area contributed by atoms with Crippen molar-refractivity contribution in [2.75, 3.05) is 0 Å². The fraction of sp³-hybridized carbons (Fsp3) is 1.00. The quantitative estimate of drug-likeness (QED) is 0.530. The Morgan fingerprint density at radius 2 is 2.00 bits per heavy atom. The van der Waals surface area contributed by atoms with E-state index in [1.807, 2.05) is 0 Å². The SMILES string of the molecule is CC(C)C1CCCC(F)C1. The smallest absolute Gasteiger partial charge is 0.100 e. The molecule has 0 spiro atoms. The molecule has 1 aliphatic carbocycles. The Morgan fingerprint density at radius 3 is 2.40 bits per heavy atom. The molecule has 0 aromatic rings. The van der Waals surface area contributed by atoms with Crippen LogP contribution in [0.2, 0.25) is 0 Å². The molecule has 0 N–H and O–H groups in total. The first-order valence-electron chi connectivity index (χ1n) is 4.34. The van der Waals surface area contributed by atoms with Crippen LogP contribution in [0.3, 0.4) is 0 Å². The highest BCUT2D eigenvalue weighted by atomic mass is 19.1. The topological polar surface area (TPSA) is 0 Å². The van der Waals surface area contributed by atoms with E-state index >= 15 is 0 Å². The standard InChI is InChI=1S/C9H17F/c1-7(2)8-4-3-5-9(10)6-8/h7-9H,3-6H2,1-2H3. The van der Waals surface area contributed by atoms with Gasteiger partial charge < -0.3 is 0 Å². The lowest BCUT2D eigenvalue weighted by Crippen LogP contribution is -2.20. The van der Waals surface area contributed by atoms with Gasteiger partial charge in [0, 0.05) is 0 Å². The summed E-state index contributed by atoms with van der Waals surface area (Å²) in [7, 11) is 0. The Labute approximate surface area is 62.8 Å². The lowest BCUT2D eigenvalue weighted by molar-refractivity contribution is 0.167.